The molecule has 0 aliphatic heterocycles. The normalized spacial score (nSPS) is 11.5. The zero-order valence-corrected chi connectivity index (χ0v) is 12.3. The molecule has 0 atom stereocenters. The Kier molecular flexibility index (Phi) is 4.05. The molecule has 2 rings (SSSR count). The number of hydrogen-bond donors (Lipinski definition) is 2. The summed E-state index contributed by atoms with van der Waals surface area (Å²) in [4.78, 5) is 9.91. The van der Waals surface area contributed by atoms with Crippen LogP contribution < -0.4 is 4.72 Å². The lowest BCUT2D eigenvalue weighted by atomic mass is 10.2. The van der Waals surface area contributed by atoms with Crippen LogP contribution in [0.15, 0.2) is 29.2 Å². The second-order valence-corrected chi connectivity index (χ2v) is 6.26. The largest absolute Gasteiger partial charge is 0.282 e. The van der Waals surface area contributed by atoms with E-state index in [4.69, 9.17) is 0 Å². The maximum absolute atomic E-state index is 12.2. The van der Waals surface area contributed by atoms with Crippen LogP contribution >= 0.6 is 0 Å². The minimum absolute atomic E-state index is 0.0686. The molecule has 0 saturated carbocycles. The lowest BCUT2D eigenvalue weighted by molar-refractivity contribution is -0.385. The Morgan fingerprint density at radius 3 is 2.67 bits per heavy atom. The van der Waals surface area contributed by atoms with Crippen molar-refractivity contribution in [2.24, 2.45) is 0 Å². The number of aryl methyl sites for hydroxylation is 2. The van der Waals surface area contributed by atoms with Crippen LogP contribution in [-0.2, 0) is 16.6 Å². The van der Waals surface area contributed by atoms with Crippen LogP contribution in [0.25, 0.3) is 0 Å². The van der Waals surface area contributed by atoms with Gasteiger partial charge in [0.05, 0.1) is 15.5 Å². The van der Waals surface area contributed by atoms with Crippen molar-refractivity contribution in [3.8, 4) is 0 Å². The first-order valence-electron chi connectivity index (χ1n) is 6.06. The second kappa shape index (κ2) is 5.62. The second-order valence-electron chi connectivity index (χ2n) is 4.49. The number of benzene rings is 1. The van der Waals surface area contributed by atoms with Crippen molar-refractivity contribution in [1.29, 1.82) is 0 Å². The van der Waals surface area contributed by atoms with E-state index in [-0.39, 0.29) is 17.1 Å². The number of aromatic nitrogens is 2. The lowest BCUT2D eigenvalue weighted by Crippen LogP contribution is -2.23. The molecule has 8 nitrogen and oxygen atoms in total. The third-order valence-electron chi connectivity index (χ3n) is 3.06. The van der Waals surface area contributed by atoms with Crippen LogP contribution in [0.4, 0.5) is 5.69 Å². The third-order valence-corrected chi connectivity index (χ3v) is 4.46. The number of hydrogen-bond acceptors (Lipinski definition) is 5. The molecule has 2 N–H and O–H groups in total. The molecule has 21 heavy (non-hydrogen) atoms. The Morgan fingerprint density at radius 2 is 2.10 bits per heavy atom. The molecule has 0 amide bonds. The molecule has 112 valence electrons. The number of nitro benzene ring substituents is 1. The summed E-state index contributed by atoms with van der Waals surface area (Å²) in [6.45, 7) is 3.62. The van der Waals surface area contributed by atoms with Gasteiger partial charge in [-0.3, -0.25) is 15.2 Å². The van der Waals surface area contributed by atoms with Crippen molar-refractivity contribution in [3.05, 3.63) is 51.3 Å². The molecule has 0 fully saturated rings. The van der Waals surface area contributed by atoms with Gasteiger partial charge in [-0.25, -0.2) is 13.1 Å². The Labute approximate surface area is 121 Å². The topological polar surface area (TPSA) is 118 Å². The monoisotopic (exact) mass is 310 g/mol. The van der Waals surface area contributed by atoms with Crippen LogP contribution in [0, 0.1) is 24.0 Å². The summed E-state index contributed by atoms with van der Waals surface area (Å²) in [5.74, 6) is 0. The van der Waals surface area contributed by atoms with Gasteiger partial charge in [0.1, 0.15) is 0 Å². The first kappa shape index (κ1) is 15.1. The highest BCUT2D eigenvalue weighted by atomic mass is 32.2. The van der Waals surface area contributed by atoms with E-state index in [0.717, 1.165) is 17.3 Å². The Balaban J connectivity index is 2.23. The molecule has 0 unspecified atom stereocenters. The van der Waals surface area contributed by atoms with E-state index < -0.39 is 14.9 Å². The van der Waals surface area contributed by atoms with Crippen LogP contribution in [0.2, 0.25) is 0 Å². The highest BCUT2D eigenvalue weighted by Crippen LogP contribution is 2.18. The van der Waals surface area contributed by atoms with Crippen LogP contribution in [0.5, 0.6) is 0 Å². The molecule has 0 aliphatic carbocycles. The molecule has 0 bridgehead atoms. The predicted octanol–water partition coefficient (Wildman–Crippen LogP) is 1.41. The first-order chi connectivity index (χ1) is 9.81. The van der Waals surface area contributed by atoms with E-state index in [0.29, 0.717) is 5.69 Å². The summed E-state index contributed by atoms with van der Waals surface area (Å²) in [7, 11) is -3.82. The molecule has 0 radical (unpaired) electrons. The quantitative estimate of drug-likeness (QED) is 0.639. The van der Waals surface area contributed by atoms with Gasteiger partial charge in [0, 0.05) is 29.9 Å². The number of rotatable bonds is 5. The fourth-order valence-corrected chi connectivity index (χ4v) is 2.88. The van der Waals surface area contributed by atoms with Crippen molar-refractivity contribution in [2.75, 3.05) is 0 Å². The van der Waals surface area contributed by atoms with Crippen molar-refractivity contribution in [1.82, 2.24) is 14.9 Å². The Hall–Kier alpha value is -2.26. The maximum atomic E-state index is 12.2. The van der Waals surface area contributed by atoms with E-state index in [1.165, 1.54) is 18.2 Å². The summed E-state index contributed by atoms with van der Waals surface area (Å²) >= 11 is 0. The average molecular weight is 310 g/mol. The standard InChI is InChI=1S/C12H14N4O4S/c1-8-12(9(2)15-14-8)7-13-21(19,20)11-5-3-4-10(6-11)16(17)18/h3-6,13H,7H2,1-2H3,(H,14,15). The minimum atomic E-state index is -3.82. The van der Waals surface area contributed by atoms with Gasteiger partial charge < -0.3 is 0 Å². The predicted molar refractivity (Wildman–Crippen MR) is 75.2 cm³/mol. The zero-order chi connectivity index (χ0) is 15.6. The number of nitrogens with one attached hydrogen (secondary N) is 2. The van der Waals surface area contributed by atoms with Gasteiger partial charge >= 0.3 is 0 Å². The highest BCUT2D eigenvalue weighted by molar-refractivity contribution is 7.89. The van der Waals surface area contributed by atoms with Crippen LogP contribution in [0.3, 0.4) is 0 Å². The van der Waals surface area contributed by atoms with Crippen LogP contribution in [-0.4, -0.2) is 23.5 Å². The van der Waals surface area contributed by atoms with Crippen LogP contribution in [0.1, 0.15) is 17.0 Å². The fourth-order valence-electron chi connectivity index (χ4n) is 1.85. The van der Waals surface area contributed by atoms with Gasteiger partial charge in [-0.2, -0.15) is 5.10 Å². The molecule has 1 heterocycles. The highest BCUT2D eigenvalue weighted by Gasteiger charge is 2.18. The van der Waals surface area contributed by atoms with Gasteiger partial charge in [-0.05, 0) is 19.9 Å². The summed E-state index contributed by atoms with van der Waals surface area (Å²) in [6.07, 6.45) is 0. The number of aromatic amines is 1. The lowest BCUT2D eigenvalue weighted by Gasteiger charge is -2.07. The van der Waals surface area contributed by atoms with E-state index in [2.05, 4.69) is 14.9 Å². The van der Waals surface area contributed by atoms with Gasteiger partial charge in [0.2, 0.25) is 10.0 Å². The van der Waals surface area contributed by atoms with Gasteiger partial charge in [0.15, 0.2) is 0 Å². The Morgan fingerprint density at radius 1 is 1.38 bits per heavy atom. The number of nitro groups is 1. The molecule has 9 heteroatoms. The summed E-state index contributed by atoms with van der Waals surface area (Å²) in [5.41, 5.74) is 1.96. The van der Waals surface area contributed by atoms with Gasteiger partial charge in [-0.1, -0.05) is 6.07 Å². The SMILES string of the molecule is Cc1n[nH]c(C)c1CNS(=O)(=O)c1cccc([N+](=O)[O-])c1. The maximum Gasteiger partial charge on any atom is 0.270 e. The van der Waals surface area contributed by atoms with Crippen molar-refractivity contribution in [2.45, 2.75) is 25.3 Å². The number of H-pyrrole nitrogens is 1. The minimum Gasteiger partial charge on any atom is -0.282 e. The fraction of sp³-hybridized carbons (Fsp3) is 0.250. The summed E-state index contributed by atoms with van der Waals surface area (Å²) < 4.78 is 26.7. The number of nitrogens with zero attached hydrogens (tertiary/aromatic N) is 2. The van der Waals surface area contributed by atoms with Gasteiger partial charge in [-0.15, -0.1) is 0 Å². The molecule has 0 aliphatic rings. The molecule has 0 saturated heterocycles. The van der Waals surface area contributed by atoms with Crippen molar-refractivity contribution >= 4 is 15.7 Å². The average Bonchev–Trinajstić information content (AvgIpc) is 2.76. The van der Waals surface area contributed by atoms with Crippen molar-refractivity contribution < 1.29 is 13.3 Å². The molecular weight excluding hydrogens is 296 g/mol. The van der Waals surface area contributed by atoms with E-state index >= 15 is 0 Å². The molecule has 1 aromatic carbocycles. The van der Waals surface area contributed by atoms with E-state index in [9.17, 15) is 18.5 Å². The molecule has 2 aromatic rings. The summed E-state index contributed by atoms with van der Waals surface area (Å²) in [6, 6.07) is 4.91. The molecular formula is C12H14N4O4S. The number of sulfonamides is 1. The zero-order valence-electron chi connectivity index (χ0n) is 11.5. The smallest absolute Gasteiger partial charge is 0.270 e. The molecule has 1 aromatic heterocycles. The first-order valence-corrected chi connectivity index (χ1v) is 7.54. The van der Waals surface area contributed by atoms with E-state index in [1.807, 2.05) is 0 Å². The Bertz CT molecular complexity index is 763. The molecule has 0 spiro atoms. The third kappa shape index (κ3) is 3.26. The number of non-ortho nitro benzene ring substituents is 1. The summed E-state index contributed by atoms with van der Waals surface area (Å²) in [5, 5.41) is 17.4. The van der Waals surface area contributed by atoms with E-state index in [1.54, 1.807) is 13.8 Å². The van der Waals surface area contributed by atoms with Crippen molar-refractivity contribution in [3.63, 3.8) is 0 Å². The van der Waals surface area contributed by atoms with Gasteiger partial charge in [0.25, 0.3) is 5.69 Å².